The number of benzene rings is 1. The highest BCUT2D eigenvalue weighted by Crippen LogP contribution is 2.19. The van der Waals surface area contributed by atoms with Crippen LogP contribution in [0.4, 0.5) is 5.69 Å². The fourth-order valence-corrected chi connectivity index (χ4v) is 2.35. The molecule has 0 unspecified atom stereocenters. The number of carbonyl (C=O) groups is 2. The van der Waals surface area contributed by atoms with Gasteiger partial charge >= 0.3 is 0 Å². The Morgan fingerprint density at radius 2 is 1.77 bits per heavy atom. The number of anilines is 1. The van der Waals surface area contributed by atoms with Gasteiger partial charge in [-0.2, -0.15) is 0 Å². The van der Waals surface area contributed by atoms with E-state index in [2.05, 4.69) is 12.2 Å². The predicted octanol–water partition coefficient (Wildman–Crippen LogP) is 2.27. The molecule has 0 spiro atoms. The number of nitrogens with two attached hydrogens (primary N) is 1. The summed E-state index contributed by atoms with van der Waals surface area (Å²) in [6.45, 7) is 5.49. The van der Waals surface area contributed by atoms with Crippen molar-refractivity contribution in [3.8, 4) is 0 Å². The van der Waals surface area contributed by atoms with Gasteiger partial charge < -0.3 is 16.0 Å². The molecule has 6 heteroatoms. The first-order valence-electron chi connectivity index (χ1n) is 7.43. The van der Waals surface area contributed by atoms with Gasteiger partial charge in [0.15, 0.2) is 0 Å². The van der Waals surface area contributed by atoms with Gasteiger partial charge in [0, 0.05) is 24.3 Å². The minimum atomic E-state index is -0.554. The number of piperidine rings is 1. The van der Waals surface area contributed by atoms with Gasteiger partial charge in [0.05, 0.1) is 6.04 Å². The summed E-state index contributed by atoms with van der Waals surface area (Å²) >= 11 is 0. The second-order valence-electron chi connectivity index (χ2n) is 5.83. The largest absolute Gasteiger partial charge is 0.339 e. The third-order valence-electron chi connectivity index (χ3n) is 3.88. The molecule has 0 saturated carbocycles. The van der Waals surface area contributed by atoms with Crippen LogP contribution in [0.5, 0.6) is 0 Å². The lowest BCUT2D eigenvalue weighted by Crippen LogP contribution is -2.37. The Bertz CT molecular complexity index is 509. The molecular formula is C16H24ClN3O2. The van der Waals surface area contributed by atoms with Crippen molar-refractivity contribution < 1.29 is 9.59 Å². The Morgan fingerprint density at radius 1 is 1.23 bits per heavy atom. The maximum atomic E-state index is 12.4. The van der Waals surface area contributed by atoms with E-state index in [0.717, 1.165) is 25.9 Å². The van der Waals surface area contributed by atoms with Crippen LogP contribution in [0.2, 0.25) is 0 Å². The number of nitrogens with one attached hydrogen (secondary N) is 1. The minimum absolute atomic E-state index is 0. The minimum Gasteiger partial charge on any atom is -0.339 e. The second-order valence-corrected chi connectivity index (χ2v) is 5.83. The molecule has 1 aromatic carbocycles. The summed E-state index contributed by atoms with van der Waals surface area (Å²) in [6, 6.07) is 6.41. The van der Waals surface area contributed by atoms with Crippen molar-refractivity contribution >= 4 is 29.9 Å². The first-order valence-corrected chi connectivity index (χ1v) is 7.43. The Labute approximate surface area is 137 Å². The molecule has 1 fully saturated rings. The van der Waals surface area contributed by atoms with E-state index >= 15 is 0 Å². The molecule has 1 aliphatic rings. The number of rotatable bonds is 3. The van der Waals surface area contributed by atoms with Crippen LogP contribution in [0.15, 0.2) is 24.3 Å². The Hall–Kier alpha value is -1.59. The van der Waals surface area contributed by atoms with E-state index < -0.39 is 6.04 Å². The van der Waals surface area contributed by atoms with Crippen LogP contribution in [0.3, 0.4) is 0 Å². The van der Waals surface area contributed by atoms with Gasteiger partial charge in [0.2, 0.25) is 5.91 Å². The molecule has 2 rings (SSSR count). The molecule has 5 nitrogen and oxygen atoms in total. The molecule has 2 amide bonds. The molecular weight excluding hydrogens is 302 g/mol. The summed E-state index contributed by atoms with van der Waals surface area (Å²) in [7, 11) is 0. The third kappa shape index (κ3) is 4.71. The Kier molecular flexibility index (Phi) is 6.84. The molecule has 1 aromatic rings. The van der Waals surface area contributed by atoms with Crippen LogP contribution >= 0.6 is 12.4 Å². The number of hydrogen-bond donors (Lipinski definition) is 2. The number of carbonyl (C=O) groups excluding carboxylic acids is 2. The van der Waals surface area contributed by atoms with Crippen molar-refractivity contribution in [1.29, 1.82) is 0 Å². The average Bonchev–Trinajstić information content (AvgIpc) is 2.48. The summed E-state index contributed by atoms with van der Waals surface area (Å²) < 4.78 is 0. The van der Waals surface area contributed by atoms with Crippen molar-refractivity contribution in [3.05, 3.63) is 29.8 Å². The third-order valence-corrected chi connectivity index (χ3v) is 3.88. The quantitative estimate of drug-likeness (QED) is 0.895. The molecule has 0 aromatic heterocycles. The number of amides is 2. The molecule has 1 aliphatic heterocycles. The molecule has 122 valence electrons. The Balaban J connectivity index is 0.00000242. The van der Waals surface area contributed by atoms with Crippen molar-refractivity contribution in [3.63, 3.8) is 0 Å². The van der Waals surface area contributed by atoms with E-state index in [0.29, 0.717) is 17.2 Å². The van der Waals surface area contributed by atoms with E-state index in [4.69, 9.17) is 5.73 Å². The lowest BCUT2D eigenvalue weighted by Gasteiger charge is -2.30. The highest BCUT2D eigenvalue weighted by atomic mass is 35.5. The van der Waals surface area contributed by atoms with Crippen LogP contribution in [-0.2, 0) is 4.79 Å². The summed E-state index contributed by atoms with van der Waals surface area (Å²) in [4.78, 5) is 25.8. The lowest BCUT2D eigenvalue weighted by molar-refractivity contribution is -0.117. The molecule has 22 heavy (non-hydrogen) atoms. The van der Waals surface area contributed by atoms with Gasteiger partial charge in [0.1, 0.15) is 0 Å². The normalized spacial score (nSPS) is 16.6. The predicted molar refractivity (Wildman–Crippen MR) is 90.3 cm³/mol. The maximum Gasteiger partial charge on any atom is 0.253 e. The van der Waals surface area contributed by atoms with E-state index in [1.54, 1.807) is 31.2 Å². The number of halogens is 1. The summed E-state index contributed by atoms with van der Waals surface area (Å²) in [5.41, 5.74) is 6.81. The zero-order chi connectivity index (χ0) is 15.4. The topological polar surface area (TPSA) is 75.4 Å². The first kappa shape index (κ1) is 18.5. The van der Waals surface area contributed by atoms with Gasteiger partial charge in [-0.05, 0) is 49.9 Å². The molecule has 1 saturated heterocycles. The van der Waals surface area contributed by atoms with E-state index in [1.807, 2.05) is 4.90 Å². The zero-order valence-corrected chi connectivity index (χ0v) is 13.9. The van der Waals surface area contributed by atoms with Crippen LogP contribution in [-0.4, -0.2) is 35.8 Å². The Morgan fingerprint density at radius 3 is 2.27 bits per heavy atom. The monoisotopic (exact) mass is 325 g/mol. The standard InChI is InChI=1S/C16H23N3O2.ClH/c1-11-7-9-19(10-8-11)16(21)13-3-5-14(6-4-13)18-15(20)12(2)17;/h3-6,11-12H,7-10,17H2,1-2H3,(H,18,20);1H/t12-;/m0./s1. The van der Waals surface area contributed by atoms with Gasteiger partial charge in [-0.25, -0.2) is 0 Å². The van der Waals surface area contributed by atoms with Crippen molar-refractivity contribution in [2.45, 2.75) is 32.7 Å². The number of hydrogen-bond acceptors (Lipinski definition) is 3. The van der Waals surface area contributed by atoms with Crippen molar-refractivity contribution in [2.75, 3.05) is 18.4 Å². The zero-order valence-electron chi connectivity index (χ0n) is 13.0. The number of nitrogens with zero attached hydrogens (tertiary/aromatic N) is 1. The van der Waals surface area contributed by atoms with Crippen LogP contribution < -0.4 is 11.1 Å². The summed E-state index contributed by atoms with van der Waals surface area (Å²) in [5.74, 6) is 0.524. The lowest BCUT2D eigenvalue weighted by atomic mass is 9.98. The van der Waals surface area contributed by atoms with E-state index in [9.17, 15) is 9.59 Å². The van der Waals surface area contributed by atoms with Crippen LogP contribution in [0.25, 0.3) is 0 Å². The second kappa shape index (κ2) is 8.15. The van der Waals surface area contributed by atoms with Crippen molar-refractivity contribution in [1.82, 2.24) is 4.90 Å². The first-order chi connectivity index (χ1) is 9.97. The summed E-state index contributed by atoms with van der Waals surface area (Å²) in [5, 5.41) is 2.70. The fraction of sp³-hybridized carbons (Fsp3) is 0.500. The molecule has 1 atom stereocenters. The number of likely N-dealkylation sites (tertiary alicyclic amines) is 1. The van der Waals surface area contributed by atoms with E-state index in [1.165, 1.54) is 0 Å². The SMILES string of the molecule is CC1CCN(C(=O)c2ccc(NC(=O)[C@H](C)N)cc2)CC1.Cl. The maximum absolute atomic E-state index is 12.4. The van der Waals surface area contributed by atoms with Crippen LogP contribution in [0.1, 0.15) is 37.0 Å². The van der Waals surface area contributed by atoms with Crippen molar-refractivity contribution in [2.24, 2.45) is 11.7 Å². The van der Waals surface area contributed by atoms with Crippen LogP contribution in [0, 0.1) is 5.92 Å². The van der Waals surface area contributed by atoms with Gasteiger partial charge in [-0.1, -0.05) is 6.92 Å². The van der Waals surface area contributed by atoms with Gasteiger partial charge in [0.25, 0.3) is 5.91 Å². The van der Waals surface area contributed by atoms with Gasteiger partial charge in [-0.15, -0.1) is 12.4 Å². The molecule has 3 N–H and O–H groups in total. The molecule has 0 aliphatic carbocycles. The highest BCUT2D eigenvalue weighted by Gasteiger charge is 2.21. The highest BCUT2D eigenvalue weighted by molar-refractivity contribution is 5.97. The summed E-state index contributed by atoms with van der Waals surface area (Å²) in [6.07, 6.45) is 2.13. The smallest absolute Gasteiger partial charge is 0.253 e. The van der Waals surface area contributed by atoms with Gasteiger partial charge in [-0.3, -0.25) is 9.59 Å². The fourth-order valence-electron chi connectivity index (χ4n) is 2.35. The molecule has 0 bridgehead atoms. The molecule has 0 radical (unpaired) electrons. The average molecular weight is 326 g/mol. The van der Waals surface area contributed by atoms with E-state index in [-0.39, 0.29) is 24.2 Å². The molecule has 1 heterocycles.